The number of rotatable bonds is 6. The van der Waals surface area contributed by atoms with Crippen molar-refractivity contribution in [2.45, 2.75) is 57.0 Å². The number of pyridine rings is 3. The van der Waals surface area contributed by atoms with Gasteiger partial charge in [-0.05, 0) is 68.3 Å². The van der Waals surface area contributed by atoms with Gasteiger partial charge in [0.05, 0.1) is 0 Å². The first-order valence-electron chi connectivity index (χ1n) is 13.1. The highest BCUT2D eigenvalue weighted by molar-refractivity contribution is 7.90. The molecule has 0 spiro atoms. The van der Waals surface area contributed by atoms with Gasteiger partial charge in [-0.1, -0.05) is 38.5 Å². The van der Waals surface area contributed by atoms with Crippen LogP contribution >= 0.6 is 0 Å². The minimum atomic E-state index is -4.82. The number of primary sulfonamides is 1. The van der Waals surface area contributed by atoms with Crippen molar-refractivity contribution in [3.05, 3.63) is 100 Å². The maximum atomic E-state index is 14.0. The summed E-state index contributed by atoms with van der Waals surface area (Å²) in [6.07, 6.45) is 0. The van der Waals surface area contributed by atoms with E-state index in [-0.39, 0.29) is 11.4 Å². The van der Waals surface area contributed by atoms with Crippen LogP contribution in [0.2, 0.25) is 0 Å². The number of carbonyl (C=O) groups is 1. The van der Waals surface area contributed by atoms with Gasteiger partial charge in [0.15, 0.2) is 11.6 Å². The van der Waals surface area contributed by atoms with E-state index < -0.39 is 65.0 Å². The molecule has 0 bridgehead atoms. The molecule has 1 aromatic carbocycles. The van der Waals surface area contributed by atoms with Gasteiger partial charge in [-0.2, -0.15) is 17.2 Å². The van der Waals surface area contributed by atoms with E-state index in [1.165, 1.54) is 6.07 Å². The normalized spacial score (nSPS) is 11.8. The molecule has 246 valence electrons. The second-order valence-electron chi connectivity index (χ2n) is 11.0. The fourth-order valence-corrected chi connectivity index (χ4v) is 5.49. The Morgan fingerprint density at radius 1 is 0.783 bits per heavy atom. The second kappa shape index (κ2) is 13.5. The number of amides is 1. The minimum absolute atomic E-state index is 0.122. The monoisotopic (exact) mass is 683 g/mol. The van der Waals surface area contributed by atoms with E-state index in [1.54, 1.807) is 10.8 Å². The summed E-state index contributed by atoms with van der Waals surface area (Å²) in [5.74, 6) is -5.55. The molecule has 46 heavy (non-hydrogen) atoms. The van der Waals surface area contributed by atoms with Crippen LogP contribution in [0.1, 0.15) is 53.5 Å². The lowest BCUT2D eigenvalue weighted by Gasteiger charge is -2.21. The van der Waals surface area contributed by atoms with Gasteiger partial charge in [0.25, 0.3) is 26.0 Å². The number of aromatic nitrogens is 3. The molecule has 0 fully saturated rings. The average Bonchev–Trinajstić information content (AvgIpc) is 2.92. The van der Waals surface area contributed by atoms with Crippen LogP contribution < -0.4 is 14.6 Å². The van der Waals surface area contributed by atoms with Gasteiger partial charge in [0.1, 0.15) is 11.3 Å². The summed E-state index contributed by atoms with van der Waals surface area (Å²) >= 11 is 0. The molecule has 0 saturated carbocycles. The fourth-order valence-electron chi connectivity index (χ4n) is 3.95. The highest BCUT2D eigenvalue weighted by Gasteiger charge is 2.28. The first-order valence-corrected chi connectivity index (χ1v) is 16.1. The molecular weight excluding hydrogens is 654 g/mol. The largest absolute Gasteiger partial charge is 0.438 e. The van der Waals surface area contributed by atoms with Gasteiger partial charge < -0.3 is 4.74 Å². The van der Waals surface area contributed by atoms with E-state index in [1.807, 2.05) is 53.7 Å². The summed E-state index contributed by atoms with van der Waals surface area (Å²) in [6.45, 7) is 11.4. The van der Waals surface area contributed by atoms with Crippen LogP contribution in [0, 0.1) is 44.3 Å². The maximum absolute atomic E-state index is 14.0. The van der Waals surface area contributed by atoms with Crippen LogP contribution in [-0.2, 0) is 25.5 Å². The number of nitrogens with two attached hydrogens (primary N) is 1. The molecule has 3 N–H and O–H groups in total. The van der Waals surface area contributed by atoms with E-state index in [0.29, 0.717) is 35.7 Å². The molecule has 0 unspecified atom stereocenters. The van der Waals surface area contributed by atoms with Crippen molar-refractivity contribution >= 4 is 26.0 Å². The molecule has 0 aliphatic rings. The van der Waals surface area contributed by atoms with Crippen molar-refractivity contribution in [2.75, 3.05) is 0 Å². The highest BCUT2D eigenvalue weighted by atomic mass is 32.2. The maximum Gasteiger partial charge on any atom is 0.284 e. The third-order valence-corrected chi connectivity index (χ3v) is 8.06. The van der Waals surface area contributed by atoms with E-state index in [9.17, 15) is 39.2 Å². The summed E-state index contributed by atoms with van der Waals surface area (Å²) in [7, 11) is -9.10. The summed E-state index contributed by atoms with van der Waals surface area (Å²) in [5, 5.41) is 2.22. The summed E-state index contributed by atoms with van der Waals surface area (Å²) < 4.78 is 106. The average molecular weight is 684 g/mol. The quantitative estimate of drug-likeness (QED) is 0.212. The van der Waals surface area contributed by atoms with Crippen molar-refractivity contribution in [1.82, 2.24) is 19.7 Å². The Labute approximate surface area is 263 Å². The Bertz CT molecular complexity index is 2010. The van der Waals surface area contributed by atoms with Crippen LogP contribution in [0.4, 0.5) is 17.6 Å². The van der Waals surface area contributed by atoms with Gasteiger partial charge in [-0.25, -0.2) is 42.0 Å². The predicted molar refractivity (Wildman–Crippen MR) is 158 cm³/mol. The zero-order chi connectivity index (χ0) is 34.8. The van der Waals surface area contributed by atoms with E-state index in [4.69, 9.17) is 4.74 Å². The van der Waals surface area contributed by atoms with E-state index >= 15 is 0 Å². The van der Waals surface area contributed by atoms with E-state index in [2.05, 4.69) is 20.1 Å². The zero-order valence-corrected chi connectivity index (χ0v) is 26.9. The molecule has 1 amide bonds. The summed E-state index contributed by atoms with van der Waals surface area (Å²) in [4.78, 5) is 23.3. The fraction of sp³-hybridized carbons (Fsp3) is 0.241. The van der Waals surface area contributed by atoms with Crippen molar-refractivity contribution in [2.24, 2.45) is 5.14 Å². The summed E-state index contributed by atoms with van der Waals surface area (Å²) in [6, 6.07) is 9.37. The molecule has 17 heteroatoms. The molecule has 0 aliphatic heterocycles. The molecule has 0 radical (unpaired) electrons. The Kier molecular flexibility index (Phi) is 10.5. The molecule has 3 heterocycles. The number of sulfonamides is 2. The first-order chi connectivity index (χ1) is 21.1. The molecule has 0 aliphatic carbocycles. The smallest absolute Gasteiger partial charge is 0.284 e. The first kappa shape index (κ1) is 36.0. The van der Waals surface area contributed by atoms with Gasteiger partial charge in [-0.15, -0.1) is 0 Å². The molecule has 0 saturated heterocycles. The Morgan fingerprint density at radius 3 is 1.76 bits per heavy atom. The SMILES string of the molecule is Cc1cc(C)c(Oc2nc(C(C)(C)C)ccc2C(=O)NS(=O)(=O)c2nc(F)ccc2F)c(C)c1.NS(=O)(=O)c1nc(F)ccc1F. The third-order valence-electron chi connectivity index (χ3n) is 5.99. The van der Waals surface area contributed by atoms with Crippen molar-refractivity contribution in [1.29, 1.82) is 0 Å². The number of aryl methyl sites for hydroxylation is 3. The topological polar surface area (TPSA) is 171 Å². The van der Waals surface area contributed by atoms with Crippen LogP contribution in [0.25, 0.3) is 0 Å². The minimum Gasteiger partial charge on any atom is -0.438 e. The number of nitrogens with one attached hydrogen (secondary N) is 1. The molecular formula is C29H29F4N5O6S2. The number of hydrogen-bond donors (Lipinski definition) is 2. The van der Waals surface area contributed by atoms with E-state index in [0.717, 1.165) is 16.7 Å². The number of benzene rings is 1. The molecule has 0 atom stereocenters. The van der Waals surface area contributed by atoms with Crippen molar-refractivity contribution in [3.63, 3.8) is 0 Å². The van der Waals surface area contributed by atoms with Crippen LogP contribution in [0.3, 0.4) is 0 Å². The van der Waals surface area contributed by atoms with Crippen LogP contribution in [0.5, 0.6) is 11.6 Å². The Morgan fingerprint density at radius 2 is 1.28 bits per heavy atom. The Hall–Kier alpha value is -4.48. The van der Waals surface area contributed by atoms with Crippen LogP contribution in [-0.4, -0.2) is 37.7 Å². The third kappa shape index (κ3) is 8.82. The number of ether oxygens (including phenoxy) is 1. The van der Waals surface area contributed by atoms with Gasteiger partial charge in [-0.3, -0.25) is 4.79 Å². The second-order valence-corrected chi connectivity index (χ2v) is 14.0. The zero-order valence-electron chi connectivity index (χ0n) is 25.3. The number of nitrogens with zero attached hydrogens (tertiary/aromatic N) is 3. The predicted octanol–water partition coefficient (Wildman–Crippen LogP) is 4.90. The lowest BCUT2D eigenvalue weighted by molar-refractivity contribution is 0.0978. The van der Waals surface area contributed by atoms with Crippen LogP contribution in [0.15, 0.2) is 58.6 Å². The number of carbonyl (C=O) groups excluding carboxylic acids is 1. The highest BCUT2D eigenvalue weighted by Crippen LogP contribution is 2.33. The molecule has 4 rings (SSSR count). The van der Waals surface area contributed by atoms with Crippen molar-refractivity contribution in [3.8, 4) is 11.6 Å². The lowest BCUT2D eigenvalue weighted by atomic mass is 9.91. The molecule has 3 aromatic heterocycles. The lowest BCUT2D eigenvalue weighted by Crippen LogP contribution is -2.32. The van der Waals surface area contributed by atoms with Gasteiger partial charge in [0, 0.05) is 11.1 Å². The number of halogens is 4. The van der Waals surface area contributed by atoms with Gasteiger partial charge in [0.2, 0.25) is 27.8 Å². The number of hydrogen-bond acceptors (Lipinski definition) is 9. The molecule has 11 nitrogen and oxygen atoms in total. The van der Waals surface area contributed by atoms with Crippen molar-refractivity contribution < 1.29 is 43.9 Å². The summed E-state index contributed by atoms with van der Waals surface area (Å²) in [5.41, 5.74) is 2.61. The molecule has 4 aromatic rings. The van der Waals surface area contributed by atoms with Gasteiger partial charge >= 0.3 is 0 Å². The standard InChI is InChI=1S/C24H25F2N3O4S.C5H4F2N2O2S/c1-13-11-14(2)20(15(3)12-13)33-22-16(7-9-18(27-22)24(4,5)6)21(30)29-34(31,32)23-17(25)8-10-19(26)28-23;6-3-1-2-4(7)9-5(3)12(8,10)11/h7-12H,1-6H3,(H,29,30);1-2H,(H2,8,10,11). The Balaban J connectivity index is 0.000000402.